The number of halogens is 1. The molecule has 0 aromatic heterocycles. The number of carbonyl (C=O) groups is 1. The first kappa shape index (κ1) is 15.4. The average Bonchev–Trinajstić information content (AvgIpc) is 2.49. The van der Waals surface area contributed by atoms with Gasteiger partial charge in [0, 0.05) is 18.5 Å². The van der Waals surface area contributed by atoms with E-state index < -0.39 is 0 Å². The number of hydrogen-bond acceptors (Lipinski definition) is 1. The fraction of sp³-hybridized carbons (Fsp3) is 0.588. The van der Waals surface area contributed by atoms with Gasteiger partial charge in [-0.2, -0.15) is 0 Å². The van der Waals surface area contributed by atoms with Gasteiger partial charge in [-0.15, -0.1) is 11.6 Å². The van der Waals surface area contributed by atoms with Crippen molar-refractivity contribution < 1.29 is 4.79 Å². The molecule has 20 heavy (non-hydrogen) atoms. The molecule has 0 N–H and O–H groups in total. The Morgan fingerprint density at radius 1 is 1.30 bits per heavy atom. The van der Waals surface area contributed by atoms with Crippen LogP contribution in [0.15, 0.2) is 30.3 Å². The molecule has 1 aromatic carbocycles. The Kier molecular flexibility index (Phi) is 5.47. The summed E-state index contributed by atoms with van der Waals surface area (Å²) < 4.78 is 0. The first-order chi connectivity index (χ1) is 9.63. The Hall–Kier alpha value is -1.02. The summed E-state index contributed by atoms with van der Waals surface area (Å²) in [5.74, 6) is 0.832. The summed E-state index contributed by atoms with van der Waals surface area (Å²) >= 11 is 6.17. The molecule has 1 saturated heterocycles. The van der Waals surface area contributed by atoms with E-state index in [9.17, 15) is 4.79 Å². The Morgan fingerprint density at radius 3 is 2.40 bits per heavy atom. The number of piperidine rings is 1. The van der Waals surface area contributed by atoms with Crippen LogP contribution in [0.2, 0.25) is 0 Å². The van der Waals surface area contributed by atoms with Crippen molar-refractivity contribution in [1.29, 1.82) is 0 Å². The van der Waals surface area contributed by atoms with E-state index in [1.807, 2.05) is 23.1 Å². The SMILES string of the molecule is CCC(C(=O)N1CCC(C(C)Cl)CC1)c1ccccc1. The molecule has 0 saturated carbocycles. The summed E-state index contributed by atoms with van der Waals surface area (Å²) in [4.78, 5) is 14.7. The van der Waals surface area contributed by atoms with Crippen LogP contribution in [0.5, 0.6) is 0 Å². The maximum atomic E-state index is 12.7. The van der Waals surface area contributed by atoms with Gasteiger partial charge in [-0.3, -0.25) is 4.79 Å². The number of nitrogens with zero attached hydrogens (tertiary/aromatic N) is 1. The molecule has 2 atom stereocenters. The highest BCUT2D eigenvalue weighted by atomic mass is 35.5. The molecule has 1 amide bonds. The van der Waals surface area contributed by atoms with Crippen molar-refractivity contribution in [2.45, 2.75) is 44.4 Å². The number of rotatable bonds is 4. The first-order valence-electron chi connectivity index (χ1n) is 7.61. The molecule has 2 rings (SSSR count). The second-order valence-corrected chi connectivity index (χ2v) is 6.40. The lowest BCUT2D eigenvalue weighted by Crippen LogP contribution is -2.42. The van der Waals surface area contributed by atoms with Crippen molar-refractivity contribution in [2.75, 3.05) is 13.1 Å². The zero-order valence-corrected chi connectivity index (χ0v) is 13.1. The molecule has 1 aliphatic rings. The number of alkyl halides is 1. The third-order valence-electron chi connectivity index (χ3n) is 4.41. The van der Waals surface area contributed by atoms with Crippen molar-refractivity contribution in [2.24, 2.45) is 5.92 Å². The van der Waals surface area contributed by atoms with E-state index in [0.29, 0.717) is 5.92 Å². The number of benzene rings is 1. The van der Waals surface area contributed by atoms with Gasteiger partial charge in [-0.25, -0.2) is 0 Å². The molecule has 110 valence electrons. The third kappa shape index (κ3) is 3.54. The number of hydrogen-bond donors (Lipinski definition) is 0. The Balaban J connectivity index is 2.00. The first-order valence-corrected chi connectivity index (χ1v) is 8.05. The molecule has 3 heteroatoms. The van der Waals surface area contributed by atoms with Gasteiger partial charge in [0.25, 0.3) is 0 Å². The van der Waals surface area contributed by atoms with Gasteiger partial charge < -0.3 is 4.90 Å². The molecule has 2 unspecified atom stereocenters. The molecule has 1 heterocycles. The van der Waals surface area contributed by atoms with E-state index in [1.165, 1.54) is 0 Å². The molecule has 0 radical (unpaired) electrons. The van der Waals surface area contributed by atoms with Crippen LogP contribution in [0.25, 0.3) is 0 Å². The van der Waals surface area contributed by atoms with Crippen LogP contribution in [0.1, 0.15) is 44.6 Å². The Labute approximate surface area is 127 Å². The van der Waals surface area contributed by atoms with Crippen LogP contribution in [0.4, 0.5) is 0 Å². The Bertz CT molecular complexity index is 424. The zero-order chi connectivity index (χ0) is 14.5. The van der Waals surface area contributed by atoms with Crippen LogP contribution in [-0.2, 0) is 4.79 Å². The maximum absolute atomic E-state index is 12.7. The fourth-order valence-corrected chi connectivity index (χ4v) is 3.29. The third-order valence-corrected chi connectivity index (χ3v) is 4.77. The van der Waals surface area contributed by atoms with Gasteiger partial charge in [0.05, 0.1) is 5.92 Å². The lowest BCUT2D eigenvalue weighted by Gasteiger charge is -2.35. The minimum atomic E-state index is 0.00109. The van der Waals surface area contributed by atoms with Crippen LogP contribution in [-0.4, -0.2) is 29.3 Å². The summed E-state index contributed by atoms with van der Waals surface area (Å²) in [7, 11) is 0. The molecule has 1 fully saturated rings. The molecule has 1 aliphatic heterocycles. The largest absolute Gasteiger partial charge is 0.342 e. The van der Waals surface area contributed by atoms with Crippen LogP contribution >= 0.6 is 11.6 Å². The molecular formula is C17H24ClNO. The summed E-state index contributed by atoms with van der Waals surface area (Å²) in [5, 5.41) is 0.211. The van der Waals surface area contributed by atoms with Crippen molar-refractivity contribution in [3.05, 3.63) is 35.9 Å². The molecular weight excluding hydrogens is 270 g/mol. The van der Waals surface area contributed by atoms with Gasteiger partial charge in [0.2, 0.25) is 5.91 Å². The van der Waals surface area contributed by atoms with E-state index in [-0.39, 0.29) is 17.2 Å². The van der Waals surface area contributed by atoms with Crippen molar-refractivity contribution in [1.82, 2.24) is 4.90 Å². The average molecular weight is 294 g/mol. The van der Waals surface area contributed by atoms with E-state index in [4.69, 9.17) is 11.6 Å². The smallest absolute Gasteiger partial charge is 0.230 e. The predicted molar refractivity (Wildman–Crippen MR) is 84.1 cm³/mol. The van der Waals surface area contributed by atoms with Crippen LogP contribution in [0.3, 0.4) is 0 Å². The van der Waals surface area contributed by atoms with Crippen molar-refractivity contribution >= 4 is 17.5 Å². The second-order valence-electron chi connectivity index (χ2n) is 5.71. The Morgan fingerprint density at radius 2 is 1.90 bits per heavy atom. The summed E-state index contributed by atoms with van der Waals surface area (Å²) in [6, 6.07) is 10.1. The number of amides is 1. The van der Waals surface area contributed by atoms with Crippen LogP contribution < -0.4 is 0 Å². The van der Waals surface area contributed by atoms with Crippen molar-refractivity contribution in [3.8, 4) is 0 Å². The maximum Gasteiger partial charge on any atom is 0.230 e. The standard InChI is InChI=1S/C17H24ClNO/c1-3-16(15-7-5-4-6-8-15)17(20)19-11-9-14(10-12-19)13(2)18/h4-8,13-14,16H,3,9-12H2,1-2H3. The van der Waals surface area contributed by atoms with Gasteiger partial charge in [0.1, 0.15) is 0 Å². The highest BCUT2D eigenvalue weighted by Gasteiger charge is 2.29. The molecule has 0 bridgehead atoms. The van der Waals surface area contributed by atoms with Gasteiger partial charge in [-0.1, -0.05) is 37.3 Å². The molecule has 0 spiro atoms. The minimum absolute atomic E-state index is 0.00109. The number of carbonyl (C=O) groups excluding carboxylic acids is 1. The van der Waals surface area contributed by atoms with Gasteiger partial charge in [-0.05, 0) is 37.7 Å². The van der Waals surface area contributed by atoms with Crippen molar-refractivity contribution in [3.63, 3.8) is 0 Å². The van der Waals surface area contributed by atoms with E-state index >= 15 is 0 Å². The predicted octanol–water partition coefficient (Wildman–Crippen LogP) is 4.05. The molecule has 0 aliphatic carbocycles. The molecule has 1 aromatic rings. The second kappa shape index (κ2) is 7.12. The van der Waals surface area contributed by atoms with E-state index in [0.717, 1.165) is 37.9 Å². The lowest BCUT2D eigenvalue weighted by atomic mass is 9.91. The van der Waals surface area contributed by atoms with Crippen LogP contribution in [0, 0.1) is 5.92 Å². The highest BCUT2D eigenvalue weighted by molar-refractivity contribution is 6.20. The lowest BCUT2D eigenvalue weighted by molar-refractivity contribution is -0.134. The van der Waals surface area contributed by atoms with E-state index in [1.54, 1.807) is 0 Å². The summed E-state index contributed by atoms with van der Waals surface area (Å²) in [6.07, 6.45) is 2.91. The minimum Gasteiger partial charge on any atom is -0.342 e. The summed E-state index contributed by atoms with van der Waals surface area (Å²) in [6.45, 7) is 5.85. The normalized spacial score (nSPS) is 19.6. The highest BCUT2D eigenvalue weighted by Crippen LogP contribution is 2.28. The summed E-state index contributed by atoms with van der Waals surface area (Å²) in [5.41, 5.74) is 1.13. The zero-order valence-electron chi connectivity index (χ0n) is 12.4. The van der Waals surface area contributed by atoms with E-state index in [2.05, 4.69) is 26.0 Å². The number of likely N-dealkylation sites (tertiary alicyclic amines) is 1. The van der Waals surface area contributed by atoms with Gasteiger partial charge in [0.15, 0.2) is 0 Å². The van der Waals surface area contributed by atoms with Gasteiger partial charge >= 0.3 is 0 Å². The monoisotopic (exact) mass is 293 g/mol. The quantitative estimate of drug-likeness (QED) is 0.767. The topological polar surface area (TPSA) is 20.3 Å². The fourth-order valence-electron chi connectivity index (χ4n) is 3.04. The molecule has 2 nitrogen and oxygen atoms in total.